The molecule has 0 atom stereocenters. The number of hydrogen-bond acceptors (Lipinski definition) is 4. The highest BCUT2D eigenvalue weighted by atomic mass is 15.2. The summed E-state index contributed by atoms with van der Waals surface area (Å²) in [7, 11) is 0. The lowest BCUT2D eigenvalue weighted by molar-refractivity contribution is 0.832. The van der Waals surface area contributed by atoms with Crippen molar-refractivity contribution in [3.63, 3.8) is 0 Å². The monoisotopic (exact) mass is 282 g/mol. The van der Waals surface area contributed by atoms with Crippen LogP contribution in [0, 0.1) is 13.8 Å². The number of aromatic nitrogens is 2. The molecule has 0 saturated carbocycles. The van der Waals surface area contributed by atoms with Gasteiger partial charge in [-0.2, -0.15) is 0 Å². The summed E-state index contributed by atoms with van der Waals surface area (Å²) in [4.78, 5) is 11.6. The van der Waals surface area contributed by atoms with Crippen LogP contribution in [-0.4, -0.2) is 16.5 Å². The molecule has 3 rings (SSSR count). The summed E-state index contributed by atoms with van der Waals surface area (Å²) in [5.41, 5.74) is 3.94. The molecule has 2 aromatic rings. The largest absolute Gasteiger partial charge is 0.370 e. The topological polar surface area (TPSA) is 41.1 Å². The Labute approximate surface area is 126 Å². The van der Waals surface area contributed by atoms with Gasteiger partial charge in [-0.05, 0) is 31.4 Å². The zero-order valence-electron chi connectivity index (χ0n) is 13.0. The Morgan fingerprint density at radius 3 is 2.38 bits per heavy atom. The molecule has 4 nitrogen and oxygen atoms in total. The average molecular weight is 282 g/mol. The van der Waals surface area contributed by atoms with Gasteiger partial charge >= 0.3 is 0 Å². The van der Waals surface area contributed by atoms with Crippen LogP contribution in [0.25, 0.3) is 0 Å². The Hall–Kier alpha value is -2.10. The lowest BCUT2D eigenvalue weighted by Gasteiger charge is -2.21. The van der Waals surface area contributed by atoms with Crippen molar-refractivity contribution in [2.24, 2.45) is 0 Å². The third kappa shape index (κ3) is 2.71. The Morgan fingerprint density at radius 2 is 1.76 bits per heavy atom. The quantitative estimate of drug-likeness (QED) is 0.932. The van der Waals surface area contributed by atoms with Gasteiger partial charge in [0.25, 0.3) is 0 Å². The number of anilines is 2. The number of nitrogens with zero attached hydrogens (tertiary/aromatic N) is 3. The van der Waals surface area contributed by atoms with Crippen molar-refractivity contribution < 1.29 is 0 Å². The van der Waals surface area contributed by atoms with Gasteiger partial charge in [-0.15, -0.1) is 0 Å². The third-order valence-electron chi connectivity index (χ3n) is 3.91. The molecule has 1 aromatic carbocycles. The van der Waals surface area contributed by atoms with E-state index in [4.69, 9.17) is 0 Å². The van der Waals surface area contributed by atoms with Crippen molar-refractivity contribution in [1.82, 2.24) is 9.97 Å². The summed E-state index contributed by atoms with van der Waals surface area (Å²) >= 11 is 0. The van der Waals surface area contributed by atoms with Crippen molar-refractivity contribution in [3.8, 4) is 0 Å². The lowest BCUT2D eigenvalue weighted by Crippen LogP contribution is -2.19. The highest BCUT2D eigenvalue weighted by molar-refractivity contribution is 5.60. The number of aryl methyl sites for hydroxylation is 1. The van der Waals surface area contributed by atoms with Crippen molar-refractivity contribution in [2.75, 3.05) is 16.8 Å². The van der Waals surface area contributed by atoms with E-state index in [1.807, 2.05) is 6.92 Å². The minimum absolute atomic E-state index is 0.824. The summed E-state index contributed by atoms with van der Waals surface area (Å²) in [6, 6.07) is 8.62. The fourth-order valence-corrected chi connectivity index (χ4v) is 2.82. The van der Waals surface area contributed by atoms with E-state index in [1.165, 1.54) is 11.1 Å². The van der Waals surface area contributed by atoms with E-state index in [-0.39, 0.29) is 0 Å². The molecule has 110 valence electrons. The van der Waals surface area contributed by atoms with Gasteiger partial charge in [0.05, 0.1) is 0 Å². The fraction of sp³-hybridized carbons (Fsp3) is 0.412. The molecular weight excluding hydrogens is 260 g/mol. The van der Waals surface area contributed by atoms with E-state index in [0.29, 0.717) is 0 Å². The van der Waals surface area contributed by atoms with E-state index in [2.05, 4.69) is 58.3 Å². The van der Waals surface area contributed by atoms with E-state index in [9.17, 15) is 0 Å². The molecule has 0 fully saturated rings. The average Bonchev–Trinajstić information content (AvgIpc) is 2.91. The second kappa shape index (κ2) is 5.72. The first-order valence-electron chi connectivity index (χ1n) is 7.60. The van der Waals surface area contributed by atoms with Gasteiger partial charge in [-0.25, -0.2) is 9.97 Å². The second-order valence-electron chi connectivity index (χ2n) is 5.62. The van der Waals surface area contributed by atoms with Gasteiger partial charge in [0.1, 0.15) is 17.5 Å². The smallest absolute Gasteiger partial charge is 0.137 e. The van der Waals surface area contributed by atoms with Crippen molar-refractivity contribution in [1.29, 1.82) is 0 Å². The standard InChI is InChI=1S/C17H22N4/c1-4-9-18-16-12(2)17(20-13(3)19-16)21-10-14-7-5-6-8-15(14)11-21/h5-8H,4,9-11H2,1-3H3,(H,18,19,20). The number of hydrogen-bond donors (Lipinski definition) is 1. The lowest BCUT2D eigenvalue weighted by atomic mass is 10.1. The molecule has 0 spiro atoms. The molecule has 0 saturated heterocycles. The highest BCUT2D eigenvalue weighted by Gasteiger charge is 2.22. The summed E-state index contributed by atoms with van der Waals surface area (Å²) < 4.78 is 0. The van der Waals surface area contributed by atoms with Gasteiger partial charge in [0.15, 0.2) is 0 Å². The fourth-order valence-electron chi connectivity index (χ4n) is 2.82. The minimum atomic E-state index is 0.824. The first-order valence-corrected chi connectivity index (χ1v) is 7.60. The maximum absolute atomic E-state index is 4.68. The Bertz CT molecular complexity index is 626. The van der Waals surface area contributed by atoms with Gasteiger partial charge in [-0.3, -0.25) is 0 Å². The highest BCUT2D eigenvalue weighted by Crippen LogP contribution is 2.31. The Morgan fingerprint density at radius 1 is 1.10 bits per heavy atom. The number of benzene rings is 1. The SMILES string of the molecule is CCCNc1nc(C)nc(N2Cc3ccccc3C2)c1C. The second-order valence-corrected chi connectivity index (χ2v) is 5.62. The zero-order chi connectivity index (χ0) is 14.8. The summed E-state index contributed by atoms with van der Waals surface area (Å²) in [6.45, 7) is 9.03. The summed E-state index contributed by atoms with van der Waals surface area (Å²) in [6.07, 6.45) is 1.09. The number of fused-ring (bicyclic) bond motifs is 1. The van der Waals surface area contributed by atoms with Crippen molar-refractivity contribution in [3.05, 3.63) is 46.8 Å². The van der Waals surface area contributed by atoms with Crippen LogP contribution in [0.5, 0.6) is 0 Å². The van der Waals surface area contributed by atoms with Crippen molar-refractivity contribution >= 4 is 11.6 Å². The van der Waals surface area contributed by atoms with E-state index < -0.39 is 0 Å². The Kier molecular flexibility index (Phi) is 3.78. The van der Waals surface area contributed by atoms with Crippen LogP contribution in [0.4, 0.5) is 11.6 Å². The molecule has 2 heterocycles. The minimum Gasteiger partial charge on any atom is -0.370 e. The predicted molar refractivity (Wildman–Crippen MR) is 86.6 cm³/mol. The zero-order valence-corrected chi connectivity index (χ0v) is 13.0. The summed E-state index contributed by atoms with van der Waals surface area (Å²) in [5.74, 6) is 2.85. The maximum atomic E-state index is 4.68. The van der Waals surface area contributed by atoms with E-state index in [1.54, 1.807) is 0 Å². The van der Waals surface area contributed by atoms with Crippen molar-refractivity contribution in [2.45, 2.75) is 40.3 Å². The molecule has 0 amide bonds. The number of nitrogens with one attached hydrogen (secondary N) is 1. The van der Waals surface area contributed by atoms with Crippen LogP contribution in [0.1, 0.15) is 35.9 Å². The Balaban J connectivity index is 1.91. The van der Waals surface area contributed by atoms with Gasteiger partial charge in [0, 0.05) is 25.2 Å². The molecule has 0 radical (unpaired) electrons. The predicted octanol–water partition coefficient (Wildman–Crippen LogP) is 3.44. The first kappa shape index (κ1) is 13.9. The molecule has 1 aliphatic rings. The normalized spacial score (nSPS) is 13.4. The van der Waals surface area contributed by atoms with Gasteiger partial charge in [-0.1, -0.05) is 31.2 Å². The van der Waals surface area contributed by atoms with Crippen LogP contribution < -0.4 is 10.2 Å². The van der Waals surface area contributed by atoms with Crippen LogP contribution in [0.3, 0.4) is 0 Å². The molecule has 1 aromatic heterocycles. The van der Waals surface area contributed by atoms with Crippen LogP contribution in [0.2, 0.25) is 0 Å². The molecule has 0 unspecified atom stereocenters. The van der Waals surface area contributed by atoms with Gasteiger partial charge in [0.2, 0.25) is 0 Å². The number of rotatable bonds is 4. The van der Waals surface area contributed by atoms with E-state index in [0.717, 1.165) is 49.1 Å². The molecule has 1 N–H and O–H groups in total. The molecule has 1 aliphatic heterocycles. The van der Waals surface area contributed by atoms with Crippen LogP contribution in [-0.2, 0) is 13.1 Å². The van der Waals surface area contributed by atoms with Gasteiger partial charge < -0.3 is 10.2 Å². The van der Waals surface area contributed by atoms with Crippen LogP contribution in [0.15, 0.2) is 24.3 Å². The molecule has 0 aliphatic carbocycles. The molecule has 4 heteroatoms. The molecule has 0 bridgehead atoms. The molecular formula is C17H22N4. The maximum Gasteiger partial charge on any atom is 0.137 e. The van der Waals surface area contributed by atoms with Crippen LogP contribution >= 0.6 is 0 Å². The first-order chi connectivity index (χ1) is 10.2. The molecule has 21 heavy (non-hydrogen) atoms. The third-order valence-corrected chi connectivity index (χ3v) is 3.91. The van der Waals surface area contributed by atoms with E-state index >= 15 is 0 Å². The summed E-state index contributed by atoms with van der Waals surface area (Å²) in [5, 5.41) is 3.41.